The number of rotatable bonds is 8. The van der Waals surface area contributed by atoms with Crippen molar-refractivity contribution in [3.8, 4) is 0 Å². The van der Waals surface area contributed by atoms with E-state index in [4.69, 9.17) is 10.3 Å². The van der Waals surface area contributed by atoms with Crippen LogP contribution in [-0.4, -0.2) is 36.1 Å². The lowest BCUT2D eigenvalue weighted by Gasteiger charge is -2.13. The Morgan fingerprint density at radius 2 is 2.29 bits per heavy atom. The van der Waals surface area contributed by atoms with E-state index < -0.39 is 0 Å². The third-order valence-corrected chi connectivity index (χ3v) is 3.39. The molecule has 1 aromatic heterocycles. The fraction of sp³-hybridized carbons (Fsp3) is 0.643. The van der Waals surface area contributed by atoms with Gasteiger partial charge in [-0.3, -0.25) is 9.59 Å². The van der Waals surface area contributed by atoms with Gasteiger partial charge in [-0.15, -0.1) is 0 Å². The summed E-state index contributed by atoms with van der Waals surface area (Å²) in [4.78, 5) is 23.2. The Bertz CT molecular complexity index is 496. The van der Waals surface area contributed by atoms with Crippen LogP contribution in [0.3, 0.4) is 0 Å². The second-order valence-corrected chi connectivity index (χ2v) is 5.44. The average molecular weight is 294 g/mol. The molecule has 1 saturated carbocycles. The lowest BCUT2D eigenvalue weighted by molar-refractivity contribution is -0.120. The predicted molar refractivity (Wildman–Crippen MR) is 76.7 cm³/mol. The summed E-state index contributed by atoms with van der Waals surface area (Å²) < 4.78 is 5.15. The fourth-order valence-electron chi connectivity index (χ4n) is 1.97. The first-order valence-corrected chi connectivity index (χ1v) is 7.34. The monoisotopic (exact) mass is 294 g/mol. The summed E-state index contributed by atoms with van der Waals surface area (Å²) in [6.45, 7) is 2.73. The highest BCUT2D eigenvalue weighted by Gasteiger charge is 2.29. The van der Waals surface area contributed by atoms with Gasteiger partial charge in [0.2, 0.25) is 5.91 Å². The molecule has 0 saturated heterocycles. The number of carbonyl (C=O) groups excluding carboxylic acids is 2. The van der Waals surface area contributed by atoms with Crippen molar-refractivity contribution in [2.75, 3.05) is 13.1 Å². The number of hydrogen-bond acceptors (Lipinski definition) is 5. The molecule has 116 valence electrons. The topological polar surface area (TPSA) is 110 Å². The molecule has 4 N–H and O–H groups in total. The zero-order valence-corrected chi connectivity index (χ0v) is 12.2. The van der Waals surface area contributed by atoms with E-state index >= 15 is 0 Å². The Kier molecular flexibility index (Phi) is 5.32. The number of hydrogen-bond donors (Lipinski definition) is 3. The third-order valence-electron chi connectivity index (χ3n) is 3.39. The van der Waals surface area contributed by atoms with Gasteiger partial charge in [0.15, 0.2) is 5.69 Å². The molecular formula is C14H22N4O3. The molecule has 0 aromatic carbocycles. The standard InChI is InChI=1S/C14H22N4O3/c1-9(5-7-16-13(19)4-6-15)17-14(20)11-8-12(21-18-11)10-2-3-10/h8-10H,2-7,15H2,1H3,(H,16,19)(H,17,20). The Morgan fingerprint density at radius 1 is 1.52 bits per heavy atom. The number of nitrogens with two attached hydrogens (primary N) is 1. The maximum atomic E-state index is 12.0. The van der Waals surface area contributed by atoms with E-state index in [1.807, 2.05) is 6.92 Å². The normalized spacial score (nSPS) is 15.5. The molecule has 0 aliphatic heterocycles. The first kappa shape index (κ1) is 15.5. The summed E-state index contributed by atoms with van der Waals surface area (Å²) in [5.74, 6) is 0.920. The van der Waals surface area contributed by atoms with E-state index in [1.165, 1.54) is 0 Å². The minimum atomic E-state index is -0.244. The van der Waals surface area contributed by atoms with Gasteiger partial charge < -0.3 is 20.9 Å². The number of aromatic nitrogens is 1. The molecule has 1 aliphatic carbocycles. The van der Waals surface area contributed by atoms with Gasteiger partial charge in [0, 0.05) is 37.5 Å². The van der Waals surface area contributed by atoms with Crippen LogP contribution in [0.15, 0.2) is 10.6 Å². The van der Waals surface area contributed by atoms with Crippen LogP contribution in [0.1, 0.15) is 54.8 Å². The molecule has 1 heterocycles. The predicted octanol–water partition coefficient (Wildman–Crippen LogP) is 0.525. The third kappa shape index (κ3) is 4.86. The highest BCUT2D eigenvalue weighted by Crippen LogP contribution is 2.40. The summed E-state index contributed by atoms with van der Waals surface area (Å²) in [5.41, 5.74) is 5.60. The largest absolute Gasteiger partial charge is 0.360 e. The van der Waals surface area contributed by atoms with Gasteiger partial charge in [-0.1, -0.05) is 5.16 Å². The van der Waals surface area contributed by atoms with Crippen molar-refractivity contribution >= 4 is 11.8 Å². The van der Waals surface area contributed by atoms with Gasteiger partial charge in [-0.25, -0.2) is 0 Å². The molecule has 2 amide bonds. The van der Waals surface area contributed by atoms with E-state index in [2.05, 4.69) is 15.8 Å². The molecule has 2 rings (SSSR count). The summed E-state index contributed by atoms with van der Waals surface area (Å²) >= 11 is 0. The number of nitrogens with zero attached hydrogens (tertiary/aromatic N) is 1. The zero-order valence-electron chi connectivity index (χ0n) is 12.2. The minimum absolute atomic E-state index is 0.0586. The number of nitrogens with one attached hydrogen (secondary N) is 2. The molecule has 7 heteroatoms. The van der Waals surface area contributed by atoms with E-state index in [-0.39, 0.29) is 17.9 Å². The quantitative estimate of drug-likeness (QED) is 0.647. The first-order valence-electron chi connectivity index (χ1n) is 7.34. The number of amides is 2. The Hall–Kier alpha value is -1.89. The summed E-state index contributed by atoms with van der Waals surface area (Å²) in [5, 5.41) is 9.38. The summed E-state index contributed by atoms with van der Waals surface area (Å²) in [6.07, 6.45) is 3.18. The lowest BCUT2D eigenvalue weighted by atomic mass is 10.2. The van der Waals surface area contributed by atoms with Crippen LogP contribution in [0.25, 0.3) is 0 Å². The van der Waals surface area contributed by atoms with Crippen molar-refractivity contribution in [3.63, 3.8) is 0 Å². The van der Waals surface area contributed by atoms with Crippen LogP contribution < -0.4 is 16.4 Å². The summed E-state index contributed by atoms with van der Waals surface area (Å²) in [6, 6.07) is 1.65. The van der Waals surface area contributed by atoms with Crippen LogP contribution in [0.5, 0.6) is 0 Å². The zero-order chi connectivity index (χ0) is 15.2. The van der Waals surface area contributed by atoms with E-state index in [0.717, 1.165) is 18.6 Å². The maximum absolute atomic E-state index is 12.0. The highest BCUT2D eigenvalue weighted by molar-refractivity contribution is 5.92. The number of carbonyl (C=O) groups is 2. The molecule has 1 fully saturated rings. The molecule has 0 spiro atoms. The smallest absolute Gasteiger partial charge is 0.273 e. The Balaban J connectivity index is 1.69. The molecule has 1 atom stereocenters. The van der Waals surface area contributed by atoms with E-state index in [0.29, 0.717) is 37.5 Å². The van der Waals surface area contributed by atoms with Crippen LogP contribution in [0, 0.1) is 0 Å². The van der Waals surface area contributed by atoms with Gasteiger partial charge >= 0.3 is 0 Å². The van der Waals surface area contributed by atoms with Gasteiger partial charge in [0.05, 0.1) is 0 Å². The first-order chi connectivity index (χ1) is 10.1. The maximum Gasteiger partial charge on any atom is 0.273 e. The molecule has 21 heavy (non-hydrogen) atoms. The van der Waals surface area contributed by atoms with Crippen LogP contribution in [-0.2, 0) is 4.79 Å². The highest BCUT2D eigenvalue weighted by atomic mass is 16.5. The van der Waals surface area contributed by atoms with Crippen LogP contribution >= 0.6 is 0 Å². The molecule has 1 unspecified atom stereocenters. The van der Waals surface area contributed by atoms with Crippen molar-refractivity contribution in [2.45, 2.75) is 44.6 Å². The SMILES string of the molecule is CC(CCNC(=O)CCN)NC(=O)c1cc(C2CC2)on1. The van der Waals surface area contributed by atoms with Crippen molar-refractivity contribution < 1.29 is 14.1 Å². The van der Waals surface area contributed by atoms with Crippen LogP contribution in [0.4, 0.5) is 0 Å². The second-order valence-electron chi connectivity index (χ2n) is 5.44. The Labute approximate surface area is 123 Å². The molecule has 1 aliphatic rings. The van der Waals surface area contributed by atoms with Crippen molar-refractivity contribution in [1.29, 1.82) is 0 Å². The molecule has 1 aromatic rings. The van der Waals surface area contributed by atoms with Gasteiger partial charge in [-0.2, -0.15) is 0 Å². The van der Waals surface area contributed by atoms with Crippen LogP contribution in [0.2, 0.25) is 0 Å². The molecule has 0 radical (unpaired) electrons. The van der Waals surface area contributed by atoms with Crippen molar-refractivity contribution in [3.05, 3.63) is 17.5 Å². The molecule has 7 nitrogen and oxygen atoms in total. The van der Waals surface area contributed by atoms with Crippen molar-refractivity contribution in [2.24, 2.45) is 5.73 Å². The average Bonchev–Trinajstić information content (AvgIpc) is 3.16. The van der Waals surface area contributed by atoms with Gasteiger partial charge in [-0.05, 0) is 26.2 Å². The fourth-order valence-corrected chi connectivity index (χ4v) is 1.97. The van der Waals surface area contributed by atoms with Gasteiger partial charge in [0.1, 0.15) is 5.76 Å². The van der Waals surface area contributed by atoms with Crippen molar-refractivity contribution in [1.82, 2.24) is 15.8 Å². The lowest BCUT2D eigenvalue weighted by Crippen LogP contribution is -2.36. The Morgan fingerprint density at radius 3 is 2.95 bits per heavy atom. The molecule has 0 bridgehead atoms. The minimum Gasteiger partial charge on any atom is -0.360 e. The molecular weight excluding hydrogens is 272 g/mol. The summed E-state index contributed by atoms with van der Waals surface area (Å²) in [7, 11) is 0. The van der Waals surface area contributed by atoms with Gasteiger partial charge in [0.25, 0.3) is 5.91 Å². The second kappa shape index (κ2) is 7.21. The van der Waals surface area contributed by atoms with E-state index in [1.54, 1.807) is 6.07 Å². The van der Waals surface area contributed by atoms with E-state index in [9.17, 15) is 9.59 Å².